The van der Waals surface area contributed by atoms with Crippen molar-refractivity contribution in [2.24, 2.45) is 5.92 Å². The molecule has 4 amide bonds. The van der Waals surface area contributed by atoms with Crippen molar-refractivity contribution in [3.63, 3.8) is 0 Å². The first-order valence-corrected chi connectivity index (χ1v) is 11.2. The van der Waals surface area contributed by atoms with Crippen molar-refractivity contribution < 1.29 is 23.9 Å². The van der Waals surface area contributed by atoms with E-state index in [1.165, 1.54) is 0 Å². The fourth-order valence-electron chi connectivity index (χ4n) is 4.23. The van der Waals surface area contributed by atoms with Gasteiger partial charge in [0.1, 0.15) is 12.1 Å². The van der Waals surface area contributed by atoms with Gasteiger partial charge in [-0.05, 0) is 43.7 Å². The molecule has 0 bridgehead atoms. The average molecular weight is 432 g/mol. The van der Waals surface area contributed by atoms with Gasteiger partial charge in [0, 0.05) is 11.8 Å². The Labute approximate surface area is 183 Å². The predicted molar refractivity (Wildman–Crippen MR) is 117 cm³/mol. The topological polar surface area (TPSA) is 97.0 Å². The lowest BCUT2D eigenvalue weighted by molar-refractivity contribution is -0.136. The Hall–Kier alpha value is -2.77. The van der Waals surface area contributed by atoms with E-state index < -0.39 is 17.5 Å². The summed E-state index contributed by atoms with van der Waals surface area (Å²) >= 11 is 0. The molecule has 1 aliphatic carbocycles. The number of hydrogen-bond donors (Lipinski definition) is 2. The molecule has 1 aromatic carbocycles. The van der Waals surface area contributed by atoms with Crippen molar-refractivity contribution >= 4 is 23.5 Å². The lowest BCUT2D eigenvalue weighted by atomic mass is 9.73. The highest BCUT2D eigenvalue weighted by Gasteiger charge is 2.55. The van der Waals surface area contributed by atoms with Gasteiger partial charge in [0.15, 0.2) is 11.5 Å². The predicted octanol–water partition coefficient (Wildman–Crippen LogP) is 3.70. The molecular formula is C23H33N3O5. The zero-order chi connectivity index (χ0) is 22.4. The maximum Gasteiger partial charge on any atom is 0.325 e. The molecule has 1 saturated carbocycles. The van der Waals surface area contributed by atoms with Gasteiger partial charge in [-0.25, -0.2) is 4.79 Å². The molecule has 2 atom stereocenters. The molecule has 0 aromatic heterocycles. The Balaban J connectivity index is 1.67. The maximum absolute atomic E-state index is 13.0. The maximum atomic E-state index is 13.0. The van der Waals surface area contributed by atoms with E-state index in [0.29, 0.717) is 36.8 Å². The zero-order valence-electron chi connectivity index (χ0n) is 18.7. The summed E-state index contributed by atoms with van der Waals surface area (Å²) in [6, 6.07) is 4.68. The van der Waals surface area contributed by atoms with Crippen molar-refractivity contribution in [2.45, 2.75) is 64.8 Å². The van der Waals surface area contributed by atoms with Crippen LogP contribution in [0.2, 0.25) is 0 Å². The summed E-state index contributed by atoms with van der Waals surface area (Å²) in [5.41, 5.74) is -0.345. The van der Waals surface area contributed by atoms with Gasteiger partial charge in [-0.1, -0.05) is 33.6 Å². The molecule has 2 unspecified atom stereocenters. The van der Waals surface area contributed by atoms with E-state index in [0.717, 1.165) is 37.0 Å². The van der Waals surface area contributed by atoms with Crippen molar-refractivity contribution in [3.05, 3.63) is 18.2 Å². The van der Waals surface area contributed by atoms with Gasteiger partial charge in [-0.3, -0.25) is 14.5 Å². The number of urea groups is 1. The first kappa shape index (κ1) is 22.9. The lowest BCUT2D eigenvalue weighted by Crippen LogP contribution is -2.54. The number of ether oxygens (including phenoxy) is 2. The normalized spacial score (nSPS) is 23.1. The van der Waals surface area contributed by atoms with Crippen LogP contribution in [0.3, 0.4) is 0 Å². The minimum atomic E-state index is -0.866. The third kappa shape index (κ3) is 4.94. The molecule has 8 nitrogen and oxygen atoms in total. The summed E-state index contributed by atoms with van der Waals surface area (Å²) in [6.07, 6.45) is 5.16. The number of rotatable bonds is 9. The molecule has 170 valence electrons. The number of carbonyl (C=O) groups excluding carboxylic acids is 3. The monoisotopic (exact) mass is 431 g/mol. The number of nitrogens with one attached hydrogen (secondary N) is 2. The Morgan fingerprint density at radius 3 is 2.55 bits per heavy atom. The van der Waals surface area contributed by atoms with E-state index in [1.807, 2.05) is 20.8 Å². The fourth-order valence-corrected chi connectivity index (χ4v) is 4.23. The minimum Gasteiger partial charge on any atom is -0.490 e. The summed E-state index contributed by atoms with van der Waals surface area (Å²) in [5, 5.41) is 5.63. The first-order chi connectivity index (χ1) is 14.9. The molecule has 8 heteroatoms. The summed E-state index contributed by atoms with van der Waals surface area (Å²) in [5.74, 6) is 0.496. The van der Waals surface area contributed by atoms with Crippen LogP contribution in [0.25, 0.3) is 0 Å². The van der Waals surface area contributed by atoms with Crippen molar-refractivity contribution in [1.29, 1.82) is 0 Å². The van der Waals surface area contributed by atoms with Crippen molar-refractivity contribution in [2.75, 3.05) is 25.1 Å². The number of carbonyl (C=O) groups is 3. The van der Waals surface area contributed by atoms with E-state index in [2.05, 4.69) is 10.6 Å². The SMILES string of the molecule is CCCOc1ccc(NC(=O)CN2C(=O)NC3(CCCCC3C)C2=O)cc1OCCC. The lowest BCUT2D eigenvalue weighted by Gasteiger charge is -2.36. The molecule has 1 spiro atoms. The molecule has 2 N–H and O–H groups in total. The Morgan fingerprint density at radius 1 is 1.16 bits per heavy atom. The number of imide groups is 1. The van der Waals surface area contributed by atoms with Gasteiger partial charge in [0.2, 0.25) is 5.91 Å². The van der Waals surface area contributed by atoms with Gasteiger partial charge in [-0.15, -0.1) is 0 Å². The second-order valence-corrected chi connectivity index (χ2v) is 8.35. The molecule has 1 saturated heterocycles. The molecule has 1 aromatic rings. The second-order valence-electron chi connectivity index (χ2n) is 8.35. The van der Waals surface area contributed by atoms with Crippen molar-refractivity contribution in [3.8, 4) is 11.5 Å². The van der Waals surface area contributed by atoms with Crippen LogP contribution in [0.5, 0.6) is 11.5 Å². The smallest absolute Gasteiger partial charge is 0.325 e. The van der Waals surface area contributed by atoms with Crippen LogP contribution >= 0.6 is 0 Å². The highest BCUT2D eigenvalue weighted by Crippen LogP contribution is 2.38. The number of amides is 4. The second kappa shape index (κ2) is 10.0. The van der Waals surface area contributed by atoms with Crippen LogP contribution in [-0.4, -0.2) is 48.0 Å². The number of hydrogen-bond acceptors (Lipinski definition) is 5. The molecule has 2 aliphatic rings. The quantitative estimate of drug-likeness (QED) is 0.581. The summed E-state index contributed by atoms with van der Waals surface area (Å²) < 4.78 is 11.5. The third-order valence-electron chi connectivity index (χ3n) is 5.95. The van der Waals surface area contributed by atoms with Gasteiger partial charge in [-0.2, -0.15) is 0 Å². The number of benzene rings is 1. The molecule has 1 heterocycles. The van der Waals surface area contributed by atoms with Crippen LogP contribution in [0.1, 0.15) is 59.3 Å². The van der Waals surface area contributed by atoms with Gasteiger partial charge < -0.3 is 20.1 Å². The molecule has 3 rings (SSSR count). The van der Waals surface area contributed by atoms with E-state index in [9.17, 15) is 14.4 Å². The van der Waals surface area contributed by atoms with Crippen molar-refractivity contribution in [1.82, 2.24) is 10.2 Å². The number of anilines is 1. The summed E-state index contributed by atoms with van der Waals surface area (Å²) in [6.45, 7) is 6.80. The average Bonchev–Trinajstić information content (AvgIpc) is 2.98. The van der Waals surface area contributed by atoms with Crippen LogP contribution in [0, 0.1) is 5.92 Å². The van der Waals surface area contributed by atoms with Crippen LogP contribution in [0.4, 0.5) is 10.5 Å². The third-order valence-corrected chi connectivity index (χ3v) is 5.95. The highest BCUT2D eigenvalue weighted by molar-refractivity contribution is 6.10. The zero-order valence-corrected chi connectivity index (χ0v) is 18.7. The minimum absolute atomic E-state index is 0.0553. The first-order valence-electron chi connectivity index (χ1n) is 11.2. The largest absolute Gasteiger partial charge is 0.490 e. The van der Waals surface area contributed by atoms with Crippen LogP contribution in [0.15, 0.2) is 18.2 Å². The summed E-state index contributed by atoms with van der Waals surface area (Å²) in [4.78, 5) is 39.2. The van der Waals surface area contributed by atoms with E-state index >= 15 is 0 Å². The van der Waals surface area contributed by atoms with E-state index in [4.69, 9.17) is 9.47 Å². The molecule has 31 heavy (non-hydrogen) atoms. The van der Waals surface area contributed by atoms with Gasteiger partial charge in [0.05, 0.1) is 13.2 Å². The fraction of sp³-hybridized carbons (Fsp3) is 0.609. The van der Waals surface area contributed by atoms with Crippen LogP contribution < -0.4 is 20.1 Å². The number of nitrogens with zero attached hydrogens (tertiary/aromatic N) is 1. The Bertz CT molecular complexity index is 827. The van der Waals surface area contributed by atoms with Gasteiger partial charge >= 0.3 is 6.03 Å². The molecular weight excluding hydrogens is 398 g/mol. The molecule has 0 radical (unpaired) electrons. The standard InChI is InChI=1S/C23H33N3O5/c1-4-12-30-18-10-9-17(14-19(18)31-13-5-2)24-20(27)15-26-21(28)23(25-22(26)29)11-7-6-8-16(23)3/h9-10,14,16H,4-8,11-13,15H2,1-3H3,(H,24,27)(H,25,29). The summed E-state index contributed by atoms with van der Waals surface area (Å²) in [7, 11) is 0. The Morgan fingerprint density at radius 2 is 1.87 bits per heavy atom. The Kier molecular flexibility index (Phi) is 7.41. The van der Waals surface area contributed by atoms with E-state index in [-0.39, 0.29) is 18.4 Å². The van der Waals surface area contributed by atoms with Gasteiger partial charge in [0.25, 0.3) is 5.91 Å². The van der Waals surface area contributed by atoms with Crippen LogP contribution in [-0.2, 0) is 9.59 Å². The molecule has 2 fully saturated rings. The van der Waals surface area contributed by atoms with E-state index in [1.54, 1.807) is 18.2 Å². The highest BCUT2D eigenvalue weighted by atomic mass is 16.5. The molecule has 1 aliphatic heterocycles.